The van der Waals surface area contributed by atoms with Gasteiger partial charge < -0.3 is 4.74 Å². The number of rotatable bonds is 4. The Morgan fingerprint density at radius 1 is 1.28 bits per heavy atom. The number of pyridine rings is 1. The van der Waals surface area contributed by atoms with Crippen LogP contribution in [0.25, 0.3) is 0 Å². The van der Waals surface area contributed by atoms with Gasteiger partial charge in [0.1, 0.15) is 17.8 Å². The molecule has 0 unspecified atom stereocenters. The quantitative estimate of drug-likeness (QED) is 0.662. The lowest BCUT2D eigenvalue weighted by molar-refractivity contribution is 0.303. The number of hydrogen-bond donors (Lipinski definition) is 2. The van der Waals surface area contributed by atoms with Crippen molar-refractivity contribution in [2.75, 3.05) is 0 Å². The minimum absolute atomic E-state index is 0.205. The summed E-state index contributed by atoms with van der Waals surface area (Å²) < 4.78 is 7.76. The van der Waals surface area contributed by atoms with Gasteiger partial charge in [0, 0.05) is 12.3 Å². The Hall–Kier alpha value is -1.88. The van der Waals surface area contributed by atoms with Crippen molar-refractivity contribution in [1.82, 2.24) is 4.57 Å². The predicted molar refractivity (Wildman–Crippen MR) is 72.9 cm³/mol. The Balaban J connectivity index is 2.18. The van der Waals surface area contributed by atoms with E-state index in [-0.39, 0.29) is 5.49 Å². The molecule has 92 valence electrons. The van der Waals surface area contributed by atoms with Crippen LogP contribution in [0, 0.1) is 10.8 Å². The van der Waals surface area contributed by atoms with Crippen LogP contribution in [-0.4, -0.2) is 10.9 Å². The first-order valence-electron chi connectivity index (χ1n) is 5.34. The van der Waals surface area contributed by atoms with Gasteiger partial charge in [-0.05, 0) is 21.5 Å². The Morgan fingerprint density at radius 2 is 2.00 bits per heavy atom. The van der Waals surface area contributed by atoms with E-state index in [1.165, 1.54) is 4.57 Å². The van der Waals surface area contributed by atoms with E-state index in [0.717, 1.165) is 16.4 Å². The SMILES string of the molecule is N=Cn1cc(Br)c(OCc2ccccc2)cc1=N. The zero-order valence-corrected chi connectivity index (χ0v) is 11.1. The van der Waals surface area contributed by atoms with Crippen molar-refractivity contribution in [3.63, 3.8) is 0 Å². The van der Waals surface area contributed by atoms with Crippen LogP contribution in [0.5, 0.6) is 5.75 Å². The standard InChI is InChI=1S/C13H12BrN3O/c14-11-7-17(9-15)13(16)6-12(11)18-8-10-4-2-1-3-5-10/h1-7,9,15-16H,8H2. The van der Waals surface area contributed by atoms with E-state index in [9.17, 15) is 0 Å². The topological polar surface area (TPSA) is 61.9 Å². The summed E-state index contributed by atoms with van der Waals surface area (Å²) in [5, 5.41) is 14.8. The molecule has 2 rings (SSSR count). The van der Waals surface area contributed by atoms with E-state index in [1.807, 2.05) is 30.3 Å². The summed E-state index contributed by atoms with van der Waals surface area (Å²) >= 11 is 3.36. The van der Waals surface area contributed by atoms with Crippen LogP contribution in [0.15, 0.2) is 47.1 Å². The molecule has 0 atom stereocenters. The maximum atomic E-state index is 7.70. The molecule has 2 N–H and O–H groups in total. The molecule has 18 heavy (non-hydrogen) atoms. The lowest BCUT2D eigenvalue weighted by Gasteiger charge is -2.09. The van der Waals surface area contributed by atoms with Crippen molar-refractivity contribution in [2.24, 2.45) is 0 Å². The fourth-order valence-corrected chi connectivity index (χ4v) is 1.93. The van der Waals surface area contributed by atoms with Crippen molar-refractivity contribution in [1.29, 1.82) is 10.8 Å². The maximum Gasteiger partial charge on any atom is 0.139 e. The zero-order valence-electron chi connectivity index (χ0n) is 9.56. The third-order valence-electron chi connectivity index (χ3n) is 2.41. The second-order valence-electron chi connectivity index (χ2n) is 3.68. The first-order valence-corrected chi connectivity index (χ1v) is 6.13. The van der Waals surface area contributed by atoms with Crippen molar-refractivity contribution in [3.8, 4) is 5.75 Å². The normalized spacial score (nSPS) is 10.1. The molecule has 0 aliphatic carbocycles. The summed E-state index contributed by atoms with van der Waals surface area (Å²) in [7, 11) is 0. The van der Waals surface area contributed by atoms with Gasteiger partial charge in [-0.3, -0.25) is 15.4 Å². The van der Waals surface area contributed by atoms with Gasteiger partial charge in [-0.1, -0.05) is 30.3 Å². The van der Waals surface area contributed by atoms with Crippen LogP contribution in [-0.2, 0) is 6.61 Å². The highest BCUT2D eigenvalue weighted by Gasteiger charge is 2.03. The van der Waals surface area contributed by atoms with Gasteiger partial charge in [-0.25, -0.2) is 0 Å². The van der Waals surface area contributed by atoms with E-state index in [4.69, 9.17) is 15.6 Å². The van der Waals surface area contributed by atoms with E-state index in [1.54, 1.807) is 12.3 Å². The molecule has 4 nitrogen and oxygen atoms in total. The second kappa shape index (κ2) is 5.64. The summed E-state index contributed by atoms with van der Waals surface area (Å²) in [5.41, 5.74) is 1.27. The van der Waals surface area contributed by atoms with Crippen LogP contribution in [0.2, 0.25) is 0 Å². The molecule has 1 heterocycles. The third kappa shape index (κ3) is 2.87. The number of ether oxygens (including phenoxy) is 1. The zero-order chi connectivity index (χ0) is 13.0. The Morgan fingerprint density at radius 3 is 2.67 bits per heavy atom. The number of nitrogens with zero attached hydrogens (tertiary/aromatic N) is 1. The number of nitrogens with one attached hydrogen (secondary N) is 2. The molecular weight excluding hydrogens is 294 g/mol. The molecule has 0 spiro atoms. The van der Waals surface area contributed by atoms with E-state index >= 15 is 0 Å². The third-order valence-corrected chi connectivity index (χ3v) is 3.01. The van der Waals surface area contributed by atoms with Gasteiger partial charge in [-0.15, -0.1) is 0 Å². The van der Waals surface area contributed by atoms with Crippen LogP contribution in [0.3, 0.4) is 0 Å². The number of aromatic nitrogens is 1. The first-order chi connectivity index (χ1) is 8.70. The highest BCUT2D eigenvalue weighted by molar-refractivity contribution is 9.10. The van der Waals surface area contributed by atoms with Crippen molar-refractivity contribution in [3.05, 3.63) is 58.1 Å². The van der Waals surface area contributed by atoms with E-state index in [2.05, 4.69) is 15.9 Å². The lowest BCUT2D eigenvalue weighted by atomic mass is 10.2. The molecule has 0 aliphatic heterocycles. The van der Waals surface area contributed by atoms with Gasteiger partial charge in [0.25, 0.3) is 0 Å². The summed E-state index contributed by atoms with van der Waals surface area (Å²) in [5.74, 6) is 0.599. The van der Waals surface area contributed by atoms with Gasteiger partial charge in [0.2, 0.25) is 0 Å². The summed E-state index contributed by atoms with van der Waals surface area (Å²) in [4.78, 5) is 0. The number of halogens is 1. The van der Waals surface area contributed by atoms with Crippen molar-refractivity contribution < 1.29 is 4.74 Å². The molecule has 2 aromatic rings. The molecule has 0 amide bonds. The average Bonchev–Trinajstić information content (AvgIpc) is 2.40. The summed E-state index contributed by atoms with van der Waals surface area (Å²) in [6.45, 7) is 0.452. The molecule has 0 bridgehead atoms. The monoisotopic (exact) mass is 305 g/mol. The van der Waals surface area contributed by atoms with Gasteiger partial charge >= 0.3 is 0 Å². The van der Waals surface area contributed by atoms with Crippen molar-refractivity contribution in [2.45, 2.75) is 6.61 Å². The molecule has 1 aromatic heterocycles. The summed E-state index contributed by atoms with van der Waals surface area (Å²) in [6, 6.07) is 11.4. The van der Waals surface area contributed by atoms with Gasteiger partial charge in [0.15, 0.2) is 0 Å². The number of benzene rings is 1. The Labute approximate surface area is 113 Å². The molecule has 0 saturated carbocycles. The number of hydrogen-bond acceptors (Lipinski definition) is 3. The fraction of sp³-hybridized carbons (Fsp3) is 0.0769. The predicted octanol–water partition coefficient (Wildman–Crippen LogP) is 2.76. The van der Waals surface area contributed by atoms with Crippen LogP contribution in [0.4, 0.5) is 0 Å². The van der Waals surface area contributed by atoms with Crippen LogP contribution < -0.4 is 10.2 Å². The van der Waals surface area contributed by atoms with Crippen LogP contribution in [0.1, 0.15) is 5.56 Å². The minimum atomic E-state index is 0.205. The molecule has 0 saturated heterocycles. The summed E-state index contributed by atoms with van der Waals surface area (Å²) in [6.07, 6.45) is 2.71. The molecule has 0 radical (unpaired) electrons. The largest absolute Gasteiger partial charge is 0.488 e. The van der Waals surface area contributed by atoms with Gasteiger partial charge in [-0.2, -0.15) is 0 Å². The average molecular weight is 306 g/mol. The molecule has 5 heteroatoms. The highest BCUT2D eigenvalue weighted by atomic mass is 79.9. The van der Waals surface area contributed by atoms with Crippen LogP contribution >= 0.6 is 15.9 Å². The fourth-order valence-electron chi connectivity index (χ4n) is 1.48. The first kappa shape index (κ1) is 12.6. The second-order valence-corrected chi connectivity index (χ2v) is 4.54. The van der Waals surface area contributed by atoms with E-state index < -0.39 is 0 Å². The molecule has 1 aromatic carbocycles. The molecule has 0 aliphatic rings. The maximum absolute atomic E-state index is 7.70. The highest BCUT2D eigenvalue weighted by Crippen LogP contribution is 2.22. The Kier molecular flexibility index (Phi) is 3.94. The van der Waals surface area contributed by atoms with Crippen molar-refractivity contribution >= 4 is 22.3 Å². The molecule has 0 fully saturated rings. The minimum Gasteiger partial charge on any atom is -0.488 e. The van der Waals surface area contributed by atoms with Gasteiger partial charge in [0.05, 0.1) is 10.8 Å². The van der Waals surface area contributed by atoms with E-state index in [0.29, 0.717) is 12.4 Å². The lowest BCUT2D eigenvalue weighted by Crippen LogP contribution is -2.18. The molecular formula is C13H12BrN3O. The Bertz CT molecular complexity index is 607. The smallest absolute Gasteiger partial charge is 0.139 e.